The average molecular weight is 431 g/mol. The van der Waals surface area contributed by atoms with E-state index < -0.39 is 10.0 Å². The van der Waals surface area contributed by atoms with Gasteiger partial charge in [-0.05, 0) is 26.0 Å². The molecule has 0 amide bonds. The van der Waals surface area contributed by atoms with Crippen LogP contribution in [0.15, 0.2) is 53.7 Å². The molecule has 0 aliphatic carbocycles. The second-order valence-electron chi connectivity index (χ2n) is 6.74. The van der Waals surface area contributed by atoms with Crippen molar-refractivity contribution in [3.63, 3.8) is 0 Å². The molecule has 0 spiro atoms. The SMILES string of the molecule is Cc1ccc(C(=O)CSc2nnc(CNS(C)(=O)=O)n2-c2ccc(C)cc2)cc1. The zero-order chi connectivity index (χ0) is 21.0. The third-order valence-electron chi connectivity index (χ3n) is 4.19. The van der Waals surface area contributed by atoms with Gasteiger partial charge >= 0.3 is 0 Å². The van der Waals surface area contributed by atoms with Gasteiger partial charge in [0.05, 0.1) is 18.6 Å². The molecule has 0 saturated carbocycles. The van der Waals surface area contributed by atoms with Crippen LogP contribution in [0.3, 0.4) is 0 Å². The first-order valence-electron chi connectivity index (χ1n) is 8.91. The van der Waals surface area contributed by atoms with Crippen molar-refractivity contribution in [1.82, 2.24) is 19.5 Å². The summed E-state index contributed by atoms with van der Waals surface area (Å²) in [5.41, 5.74) is 3.64. The van der Waals surface area contributed by atoms with Crippen molar-refractivity contribution >= 4 is 27.6 Å². The Morgan fingerprint density at radius 3 is 2.17 bits per heavy atom. The lowest BCUT2D eigenvalue weighted by Crippen LogP contribution is -2.23. The summed E-state index contributed by atoms with van der Waals surface area (Å²) >= 11 is 1.27. The fourth-order valence-corrected chi connectivity index (χ4v) is 3.87. The van der Waals surface area contributed by atoms with Crippen molar-refractivity contribution in [2.45, 2.75) is 25.5 Å². The largest absolute Gasteiger partial charge is 0.293 e. The van der Waals surface area contributed by atoms with Gasteiger partial charge in [-0.15, -0.1) is 10.2 Å². The first-order chi connectivity index (χ1) is 13.7. The van der Waals surface area contributed by atoms with Crippen LogP contribution in [0.4, 0.5) is 0 Å². The van der Waals surface area contributed by atoms with E-state index in [9.17, 15) is 13.2 Å². The van der Waals surface area contributed by atoms with Gasteiger partial charge < -0.3 is 0 Å². The van der Waals surface area contributed by atoms with Crippen LogP contribution in [0.5, 0.6) is 0 Å². The number of ketones is 1. The van der Waals surface area contributed by atoms with E-state index >= 15 is 0 Å². The Hall–Kier alpha value is -2.49. The number of hydrogen-bond acceptors (Lipinski definition) is 6. The van der Waals surface area contributed by atoms with Crippen molar-refractivity contribution in [3.05, 3.63) is 71.0 Å². The number of thioether (sulfide) groups is 1. The normalized spacial score (nSPS) is 11.6. The summed E-state index contributed by atoms with van der Waals surface area (Å²) in [5, 5.41) is 8.85. The molecule has 0 fully saturated rings. The fraction of sp³-hybridized carbons (Fsp3) is 0.250. The number of benzene rings is 2. The number of carbonyl (C=O) groups is 1. The minimum absolute atomic E-state index is 0.00613. The summed E-state index contributed by atoms with van der Waals surface area (Å²) in [6.07, 6.45) is 1.09. The van der Waals surface area contributed by atoms with E-state index in [2.05, 4.69) is 14.9 Å². The predicted molar refractivity (Wildman–Crippen MR) is 114 cm³/mol. The van der Waals surface area contributed by atoms with E-state index in [0.717, 1.165) is 23.1 Å². The van der Waals surface area contributed by atoms with E-state index in [-0.39, 0.29) is 18.1 Å². The first kappa shape index (κ1) is 21.2. The predicted octanol–water partition coefficient (Wildman–Crippen LogP) is 2.91. The molecular weight excluding hydrogens is 408 g/mol. The Morgan fingerprint density at radius 1 is 1.00 bits per heavy atom. The Bertz CT molecular complexity index is 1110. The molecule has 3 rings (SSSR count). The van der Waals surface area contributed by atoms with Gasteiger partial charge in [0.2, 0.25) is 10.0 Å². The molecule has 29 heavy (non-hydrogen) atoms. The van der Waals surface area contributed by atoms with E-state index in [1.54, 1.807) is 4.57 Å². The molecule has 2 aromatic carbocycles. The molecule has 1 heterocycles. The van der Waals surface area contributed by atoms with Crippen molar-refractivity contribution in [1.29, 1.82) is 0 Å². The molecule has 3 aromatic rings. The minimum atomic E-state index is -3.38. The number of nitrogens with zero attached hydrogens (tertiary/aromatic N) is 3. The van der Waals surface area contributed by atoms with E-state index in [1.807, 2.05) is 62.4 Å². The number of aryl methyl sites for hydroxylation is 2. The monoisotopic (exact) mass is 430 g/mol. The summed E-state index contributed by atoms with van der Waals surface area (Å²) in [5.74, 6) is 0.640. The third kappa shape index (κ3) is 5.75. The third-order valence-corrected chi connectivity index (χ3v) is 5.79. The van der Waals surface area contributed by atoms with Crippen LogP contribution in [0.1, 0.15) is 27.3 Å². The summed E-state index contributed by atoms with van der Waals surface area (Å²) < 4.78 is 27.2. The molecule has 9 heteroatoms. The Labute approximate surface area is 174 Å². The number of nitrogens with one attached hydrogen (secondary N) is 1. The smallest absolute Gasteiger partial charge is 0.209 e. The van der Waals surface area contributed by atoms with Crippen LogP contribution in [-0.2, 0) is 16.6 Å². The topological polar surface area (TPSA) is 94.0 Å². The Balaban J connectivity index is 1.85. The highest BCUT2D eigenvalue weighted by molar-refractivity contribution is 7.99. The van der Waals surface area contributed by atoms with Gasteiger partial charge in [0.25, 0.3) is 0 Å². The van der Waals surface area contributed by atoms with Crippen LogP contribution >= 0.6 is 11.8 Å². The highest BCUT2D eigenvalue weighted by Gasteiger charge is 2.17. The number of aromatic nitrogens is 3. The number of sulfonamides is 1. The lowest BCUT2D eigenvalue weighted by molar-refractivity contribution is 0.102. The Morgan fingerprint density at radius 2 is 1.59 bits per heavy atom. The summed E-state index contributed by atoms with van der Waals surface area (Å²) in [6.45, 7) is 3.96. The molecular formula is C20H22N4O3S2. The summed E-state index contributed by atoms with van der Waals surface area (Å²) in [6, 6.07) is 15.2. The second kappa shape index (κ2) is 8.89. The molecule has 0 aliphatic heterocycles. The van der Waals surface area contributed by atoms with Gasteiger partial charge in [-0.1, -0.05) is 59.3 Å². The molecule has 7 nitrogen and oxygen atoms in total. The maximum atomic E-state index is 12.5. The molecule has 0 saturated heterocycles. The second-order valence-corrected chi connectivity index (χ2v) is 9.52. The summed E-state index contributed by atoms with van der Waals surface area (Å²) in [4.78, 5) is 12.5. The molecule has 0 bridgehead atoms. The molecule has 1 N–H and O–H groups in total. The standard InChI is InChI=1S/C20H22N4O3S2/c1-14-4-8-16(9-5-14)18(25)13-28-20-23-22-19(12-21-29(3,26)27)24(20)17-10-6-15(2)7-11-17/h4-11,21H,12-13H2,1-3H3. The number of hydrogen-bond donors (Lipinski definition) is 1. The van der Waals surface area contributed by atoms with E-state index in [0.29, 0.717) is 16.5 Å². The quantitative estimate of drug-likeness (QED) is 0.436. The van der Waals surface area contributed by atoms with Crippen LogP contribution < -0.4 is 4.72 Å². The van der Waals surface area contributed by atoms with Crippen molar-refractivity contribution < 1.29 is 13.2 Å². The maximum Gasteiger partial charge on any atom is 0.209 e. The van der Waals surface area contributed by atoms with Gasteiger partial charge in [0.1, 0.15) is 0 Å². The zero-order valence-corrected chi connectivity index (χ0v) is 18.0. The lowest BCUT2D eigenvalue weighted by atomic mass is 10.1. The number of carbonyl (C=O) groups excluding carboxylic acids is 1. The van der Waals surface area contributed by atoms with Gasteiger partial charge in [0.15, 0.2) is 16.8 Å². The van der Waals surface area contributed by atoms with Crippen LogP contribution in [0, 0.1) is 13.8 Å². The maximum absolute atomic E-state index is 12.5. The zero-order valence-electron chi connectivity index (χ0n) is 16.4. The van der Waals surface area contributed by atoms with Crippen molar-refractivity contribution in [3.8, 4) is 5.69 Å². The van der Waals surface area contributed by atoms with Crippen LogP contribution in [0.2, 0.25) is 0 Å². The van der Waals surface area contributed by atoms with E-state index in [4.69, 9.17) is 0 Å². The fourth-order valence-electron chi connectivity index (χ4n) is 2.61. The average Bonchev–Trinajstić information content (AvgIpc) is 3.08. The lowest BCUT2D eigenvalue weighted by Gasteiger charge is -2.11. The number of Topliss-reactive ketones (excluding diaryl/α,β-unsaturated/α-hetero) is 1. The first-order valence-corrected chi connectivity index (χ1v) is 11.8. The van der Waals surface area contributed by atoms with E-state index in [1.165, 1.54) is 11.8 Å². The molecule has 0 aliphatic rings. The van der Waals surface area contributed by atoms with Gasteiger partial charge in [-0.3, -0.25) is 9.36 Å². The Kier molecular flexibility index (Phi) is 6.51. The van der Waals surface area contributed by atoms with Crippen LogP contribution in [-0.4, -0.2) is 41.0 Å². The molecule has 0 atom stereocenters. The van der Waals surface area contributed by atoms with Gasteiger partial charge in [-0.2, -0.15) is 0 Å². The minimum Gasteiger partial charge on any atom is -0.293 e. The number of rotatable bonds is 8. The molecule has 0 unspecified atom stereocenters. The van der Waals surface area contributed by atoms with Gasteiger partial charge in [-0.25, -0.2) is 13.1 Å². The van der Waals surface area contributed by atoms with Crippen molar-refractivity contribution in [2.24, 2.45) is 0 Å². The highest BCUT2D eigenvalue weighted by Crippen LogP contribution is 2.23. The van der Waals surface area contributed by atoms with Crippen LogP contribution in [0.25, 0.3) is 5.69 Å². The van der Waals surface area contributed by atoms with Crippen molar-refractivity contribution in [2.75, 3.05) is 12.0 Å². The van der Waals surface area contributed by atoms with Gasteiger partial charge in [0, 0.05) is 11.3 Å². The highest BCUT2D eigenvalue weighted by atomic mass is 32.2. The molecule has 0 radical (unpaired) electrons. The summed E-state index contributed by atoms with van der Waals surface area (Å²) in [7, 11) is -3.38. The molecule has 152 valence electrons. The molecule has 1 aromatic heterocycles.